The standard InChI is InChI=1S/C27H33ClN4O2/c1-21(2)10-14-32-26(34)31(19-23-9-6-13-29-18-23)25(33)27(32)11-15-30(16-12-27)20-24(28)17-22-7-4-3-5-8-22/h3-9,13,17-18,21H,10-12,14-16,19-20H2,1-2H3/b24-17-. The first kappa shape index (κ1) is 24.4. The van der Waals surface area contributed by atoms with Gasteiger partial charge in [-0.15, -0.1) is 0 Å². The molecule has 0 radical (unpaired) electrons. The number of hydrogen-bond donors (Lipinski definition) is 0. The van der Waals surface area contributed by atoms with Gasteiger partial charge in [0.05, 0.1) is 6.54 Å². The van der Waals surface area contributed by atoms with Crippen molar-refractivity contribution >= 4 is 29.6 Å². The highest BCUT2D eigenvalue weighted by Crippen LogP contribution is 2.38. The molecule has 1 aromatic carbocycles. The predicted molar refractivity (Wildman–Crippen MR) is 135 cm³/mol. The highest BCUT2D eigenvalue weighted by atomic mass is 35.5. The third-order valence-corrected chi connectivity index (χ3v) is 7.02. The quantitative estimate of drug-likeness (QED) is 0.498. The summed E-state index contributed by atoms with van der Waals surface area (Å²) < 4.78 is 0. The number of carbonyl (C=O) groups excluding carboxylic acids is 2. The molecule has 2 saturated heterocycles. The molecular weight excluding hydrogens is 448 g/mol. The molecule has 0 aliphatic carbocycles. The first-order valence-electron chi connectivity index (χ1n) is 12.0. The second-order valence-electron chi connectivity index (χ2n) is 9.68. The molecule has 0 N–H and O–H groups in total. The van der Waals surface area contributed by atoms with Gasteiger partial charge in [0, 0.05) is 43.6 Å². The zero-order chi connectivity index (χ0) is 24.1. The van der Waals surface area contributed by atoms with Crippen LogP contribution < -0.4 is 0 Å². The average molecular weight is 481 g/mol. The summed E-state index contributed by atoms with van der Waals surface area (Å²) in [6.07, 6.45) is 7.51. The third-order valence-electron chi connectivity index (χ3n) is 6.80. The van der Waals surface area contributed by atoms with Crippen molar-refractivity contribution in [3.63, 3.8) is 0 Å². The lowest BCUT2D eigenvalue weighted by atomic mass is 9.85. The van der Waals surface area contributed by atoms with Gasteiger partial charge in [-0.3, -0.25) is 19.6 Å². The SMILES string of the molecule is CC(C)CCN1C(=O)N(Cc2cccnc2)C(=O)C12CCN(C/C(Cl)=C/c1ccccc1)CC2. The van der Waals surface area contributed by atoms with Crippen LogP contribution in [0.4, 0.5) is 4.79 Å². The van der Waals surface area contributed by atoms with Crippen molar-refractivity contribution in [1.29, 1.82) is 0 Å². The van der Waals surface area contributed by atoms with Crippen LogP contribution in [0.3, 0.4) is 0 Å². The van der Waals surface area contributed by atoms with Crippen molar-refractivity contribution in [1.82, 2.24) is 19.7 Å². The highest BCUT2D eigenvalue weighted by Gasteiger charge is 2.57. The molecule has 1 spiro atoms. The Hall–Kier alpha value is -2.70. The number of likely N-dealkylation sites (tertiary alicyclic amines) is 1. The summed E-state index contributed by atoms with van der Waals surface area (Å²) in [7, 11) is 0. The normalized spacial score (nSPS) is 19.0. The van der Waals surface area contributed by atoms with Gasteiger partial charge in [-0.1, -0.05) is 61.8 Å². The minimum Gasteiger partial charge on any atom is -0.309 e. The van der Waals surface area contributed by atoms with Crippen LogP contribution in [-0.4, -0.2) is 63.3 Å². The molecule has 0 saturated carbocycles. The predicted octanol–water partition coefficient (Wildman–Crippen LogP) is 5.01. The van der Waals surface area contributed by atoms with Crippen LogP contribution in [0.1, 0.15) is 44.2 Å². The van der Waals surface area contributed by atoms with E-state index in [9.17, 15) is 9.59 Å². The molecule has 2 aliphatic heterocycles. The number of urea groups is 1. The molecule has 2 aliphatic rings. The molecule has 0 atom stereocenters. The summed E-state index contributed by atoms with van der Waals surface area (Å²) in [6.45, 7) is 7.23. The van der Waals surface area contributed by atoms with Crippen molar-refractivity contribution in [3.05, 3.63) is 71.0 Å². The lowest BCUT2D eigenvalue weighted by molar-refractivity contribution is -0.136. The number of amides is 3. The van der Waals surface area contributed by atoms with Crippen LogP contribution >= 0.6 is 11.6 Å². The molecule has 2 aromatic rings. The molecule has 7 heteroatoms. The molecular formula is C27H33ClN4O2. The fraction of sp³-hybridized carbons (Fsp3) is 0.444. The van der Waals surface area contributed by atoms with Gasteiger partial charge in [-0.2, -0.15) is 0 Å². The Morgan fingerprint density at radius 3 is 2.50 bits per heavy atom. The van der Waals surface area contributed by atoms with Gasteiger partial charge in [0.1, 0.15) is 5.54 Å². The number of benzene rings is 1. The van der Waals surface area contributed by atoms with Gasteiger partial charge in [-0.05, 0) is 48.4 Å². The number of piperidine rings is 1. The molecule has 4 rings (SSSR count). The molecule has 34 heavy (non-hydrogen) atoms. The van der Waals surface area contributed by atoms with E-state index in [1.54, 1.807) is 12.4 Å². The largest absolute Gasteiger partial charge is 0.327 e. The Morgan fingerprint density at radius 2 is 1.85 bits per heavy atom. The van der Waals surface area contributed by atoms with Crippen LogP contribution in [0.5, 0.6) is 0 Å². The fourth-order valence-corrected chi connectivity index (χ4v) is 5.14. The topological polar surface area (TPSA) is 56.8 Å². The van der Waals surface area contributed by atoms with Crippen LogP contribution in [0.25, 0.3) is 6.08 Å². The maximum atomic E-state index is 13.7. The van der Waals surface area contributed by atoms with E-state index in [1.165, 1.54) is 4.90 Å². The summed E-state index contributed by atoms with van der Waals surface area (Å²) in [5.41, 5.74) is 1.17. The number of aromatic nitrogens is 1. The first-order valence-corrected chi connectivity index (χ1v) is 12.4. The zero-order valence-corrected chi connectivity index (χ0v) is 20.7. The van der Waals surface area contributed by atoms with Crippen molar-refractivity contribution in [3.8, 4) is 0 Å². The summed E-state index contributed by atoms with van der Waals surface area (Å²) in [5.74, 6) is 0.380. The second kappa shape index (κ2) is 10.7. The number of imide groups is 1. The summed E-state index contributed by atoms with van der Waals surface area (Å²) >= 11 is 6.55. The highest BCUT2D eigenvalue weighted by molar-refractivity contribution is 6.31. The maximum absolute atomic E-state index is 13.7. The molecule has 0 bridgehead atoms. The van der Waals surface area contributed by atoms with Crippen LogP contribution in [0.15, 0.2) is 59.9 Å². The van der Waals surface area contributed by atoms with Crippen LogP contribution in [0, 0.1) is 5.92 Å². The van der Waals surface area contributed by atoms with E-state index in [0.29, 0.717) is 31.8 Å². The van der Waals surface area contributed by atoms with Crippen molar-refractivity contribution in [2.24, 2.45) is 5.92 Å². The number of hydrogen-bond acceptors (Lipinski definition) is 4. The molecule has 3 amide bonds. The summed E-state index contributed by atoms with van der Waals surface area (Å²) in [6, 6.07) is 13.6. The maximum Gasteiger partial charge on any atom is 0.327 e. The Kier molecular flexibility index (Phi) is 7.69. The zero-order valence-electron chi connectivity index (χ0n) is 20.0. The average Bonchev–Trinajstić information content (AvgIpc) is 3.01. The van der Waals surface area contributed by atoms with Crippen molar-refractivity contribution in [2.75, 3.05) is 26.2 Å². The number of carbonyl (C=O) groups is 2. The molecule has 180 valence electrons. The minimum absolute atomic E-state index is 0.0734. The van der Waals surface area contributed by atoms with Gasteiger partial charge in [0.2, 0.25) is 0 Å². The van der Waals surface area contributed by atoms with Crippen LogP contribution in [0.2, 0.25) is 0 Å². The first-order chi connectivity index (χ1) is 16.4. The summed E-state index contributed by atoms with van der Waals surface area (Å²) in [5, 5.41) is 0.769. The molecule has 6 nitrogen and oxygen atoms in total. The molecule has 2 fully saturated rings. The lowest BCUT2D eigenvalue weighted by Crippen LogP contribution is -2.57. The lowest BCUT2D eigenvalue weighted by Gasteiger charge is -2.42. The molecule has 3 heterocycles. The van der Waals surface area contributed by atoms with Crippen molar-refractivity contribution < 1.29 is 9.59 Å². The molecule has 1 aromatic heterocycles. The second-order valence-corrected chi connectivity index (χ2v) is 10.2. The number of nitrogens with zero attached hydrogens (tertiary/aromatic N) is 4. The van der Waals surface area contributed by atoms with Crippen molar-refractivity contribution in [2.45, 2.75) is 45.2 Å². The Labute approximate surface area is 207 Å². The van der Waals surface area contributed by atoms with E-state index in [4.69, 9.17) is 11.6 Å². The van der Waals surface area contributed by atoms with E-state index >= 15 is 0 Å². The van der Waals surface area contributed by atoms with E-state index < -0.39 is 5.54 Å². The number of rotatable bonds is 8. The van der Waals surface area contributed by atoms with E-state index in [-0.39, 0.29) is 18.5 Å². The van der Waals surface area contributed by atoms with E-state index in [0.717, 1.165) is 35.7 Å². The number of halogens is 1. The van der Waals surface area contributed by atoms with Gasteiger partial charge in [0.25, 0.3) is 5.91 Å². The number of pyridine rings is 1. The van der Waals surface area contributed by atoms with E-state index in [2.05, 4.69) is 23.7 Å². The Balaban J connectivity index is 1.48. The van der Waals surface area contributed by atoms with Crippen LogP contribution in [-0.2, 0) is 11.3 Å². The monoisotopic (exact) mass is 480 g/mol. The Morgan fingerprint density at radius 1 is 1.12 bits per heavy atom. The van der Waals surface area contributed by atoms with Gasteiger partial charge in [0.15, 0.2) is 0 Å². The molecule has 0 unspecified atom stereocenters. The van der Waals surface area contributed by atoms with Gasteiger partial charge < -0.3 is 4.90 Å². The fourth-order valence-electron chi connectivity index (χ4n) is 4.85. The Bertz CT molecular complexity index is 1020. The smallest absolute Gasteiger partial charge is 0.309 e. The third kappa shape index (κ3) is 5.34. The van der Waals surface area contributed by atoms with Gasteiger partial charge in [-0.25, -0.2) is 4.79 Å². The summed E-state index contributed by atoms with van der Waals surface area (Å²) in [4.78, 5) is 36.8. The minimum atomic E-state index is -0.764. The van der Waals surface area contributed by atoms with Gasteiger partial charge >= 0.3 is 6.03 Å². The van der Waals surface area contributed by atoms with E-state index in [1.807, 2.05) is 53.4 Å².